The summed E-state index contributed by atoms with van der Waals surface area (Å²) in [6.07, 6.45) is 6.82. The SMILES string of the molecule is CC1=CC(C)CC2(C)CCC12. The zero-order chi connectivity index (χ0) is 8.06. The van der Waals surface area contributed by atoms with Crippen LogP contribution in [0, 0.1) is 17.3 Å². The lowest BCUT2D eigenvalue weighted by atomic mass is 9.53. The maximum atomic E-state index is 2.48. The summed E-state index contributed by atoms with van der Waals surface area (Å²) in [6.45, 7) is 7.13. The van der Waals surface area contributed by atoms with Gasteiger partial charge in [0.25, 0.3) is 0 Å². The van der Waals surface area contributed by atoms with Crippen LogP contribution in [0.1, 0.15) is 40.0 Å². The Kier molecular flexibility index (Phi) is 1.42. The number of fused-ring (bicyclic) bond motifs is 1. The molecule has 3 atom stereocenters. The third-order valence-corrected chi connectivity index (χ3v) is 3.73. The zero-order valence-electron chi connectivity index (χ0n) is 7.85. The molecular formula is C11H18. The fraction of sp³-hybridized carbons (Fsp3) is 0.818. The van der Waals surface area contributed by atoms with Crippen LogP contribution >= 0.6 is 0 Å². The van der Waals surface area contributed by atoms with Crippen molar-refractivity contribution in [3.8, 4) is 0 Å². The first kappa shape index (κ1) is 7.39. The molecule has 0 aromatic rings. The van der Waals surface area contributed by atoms with Crippen LogP contribution in [-0.2, 0) is 0 Å². The second-order valence-corrected chi connectivity index (χ2v) is 4.84. The van der Waals surface area contributed by atoms with Gasteiger partial charge >= 0.3 is 0 Å². The quantitative estimate of drug-likeness (QED) is 0.464. The highest BCUT2D eigenvalue weighted by atomic mass is 14.5. The van der Waals surface area contributed by atoms with Gasteiger partial charge in [-0.15, -0.1) is 0 Å². The van der Waals surface area contributed by atoms with Gasteiger partial charge in [-0.1, -0.05) is 25.5 Å². The summed E-state index contributed by atoms with van der Waals surface area (Å²) in [5.41, 5.74) is 2.36. The minimum absolute atomic E-state index is 0.693. The summed E-state index contributed by atoms with van der Waals surface area (Å²) in [4.78, 5) is 0. The molecule has 1 fully saturated rings. The van der Waals surface area contributed by atoms with Gasteiger partial charge in [0, 0.05) is 0 Å². The molecule has 0 aromatic heterocycles. The topological polar surface area (TPSA) is 0 Å². The highest BCUT2D eigenvalue weighted by Gasteiger charge is 2.45. The first-order valence-electron chi connectivity index (χ1n) is 4.80. The van der Waals surface area contributed by atoms with E-state index in [0.29, 0.717) is 5.41 Å². The van der Waals surface area contributed by atoms with E-state index in [1.54, 1.807) is 5.57 Å². The van der Waals surface area contributed by atoms with Crippen LogP contribution in [0.15, 0.2) is 11.6 Å². The van der Waals surface area contributed by atoms with E-state index in [0.717, 1.165) is 11.8 Å². The lowest BCUT2D eigenvalue weighted by Crippen LogP contribution is -2.41. The summed E-state index contributed by atoms with van der Waals surface area (Å²) in [6, 6.07) is 0. The van der Waals surface area contributed by atoms with Gasteiger partial charge in [0.1, 0.15) is 0 Å². The molecule has 0 nitrogen and oxygen atoms in total. The lowest BCUT2D eigenvalue weighted by Gasteiger charge is -2.52. The zero-order valence-corrected chi connectivity index (χ0v) is 7.85. The van der Waals surface area contributed by atoms with Crippen LogP contribution in [0.5, 0.6) is 0 Å². The maximum Gasteiger partial charge on any atom is -0.0151 e. The third kappa shape index (κ3) is 0.953. The molecule has 0 heteroatoms. The first-order chi connectivity index (χ1) is 5.12. The molecule has 2 rings (SSSR count). The number of rotatable bonds is 0. The number of allylic oxidation sites excluding steroid dienone is 2. The van der Waals surface area contributed by atoms with Crippen LogP contribution < -0.4 is 0 Å². The van der Waals surface area contributed by atoms with Crippen molar-refractivity contribution in [3.05, 3.63) is 11.6 Å². The molecule has 0 bridgehead atoms. The summed E-state index contributed by atoms with van der Waals surface area (Å²) >= 11 is 0. The Morgan fingerprint density at radius 3 is 2.73 bits per heavy atom. The van der Waals surface area contributed by atoms with Gasteiger partial charge in [-0.25, -0.2) is 0 Å². The molecule has 1 saturated carbocycles. The van der Waals surface area contributed by atoms with Crippen LogP contribution in [-0.4, -0.2) is 0 Å². The number of hydrogen-bond donors (Lipinski definition) is 0. The van der Waals surface area contributed by atoms with Gasteiger partial charge < -0.3 is 0 Å². The van der Waals surface area contributed by atoms with Crippen molar-refractivity contribution in [3.63, 3.8) is 0 Å². The molecule has 2 aliphatic carbocycles. The van der Waals surface area contributed by atoms with E-state index in [9.17, 15) is 0 Å². The predicted molar refractivity (Wildman–Crippen MR) is 48.4 cm³/mol. The Hall–Kier alpha value is -0.260. The van der Waals surface area contributed by atoms with E-state index >= 15 is 0 Å². The second-order valence-electron chi connectivity index (χ2n) is 4.84. The van der Waals surface area contributed by atoms with Crippen LogP contribution in [0.25, 0.3) is 0 Å². The average Bonchev–Trinajstić information content (AvgIpc) is 1.81. The molecule has 0 saturated heterocycles. The van der Waals surface area contributed by atoms with Gasteiger partial charge in [-0.2, -0.15) is 0 Å². The van der Waals surface area contributed by atoms with Crippen molar-refractivity contribution in [2.75, 3.05) is 0 Å². The van der Waals surface area contributed by atoms with Crippen LogP contribution in [0.4, 0.5) is 0 Å². The van der Waals surface area contributed by atoms with Crippen molar-refractivity contribution < 1.29 is 0 Å². The van der Waals surface area contributed by atoms with Crippen molar-refractivity contribution in [2.24, 2.45) is 17.3 Å². The average molecular weight is 150 g/mol. The van der Waals surface area contributed by atoms with E-state index in [2.05, 4.69) is 26.8 Å². The molecule has 0 N–H and O–H groups in total. The summed E-state index contributed by atoms with van der Waals surface area (Å²) in [5.74, 6) is 1.77. The van der Waals surface area contributed by atoms with Crippen molar-refractivity contribution >= 4 is 0 Å². The lowest BCUT2D eigenvalue weighted by molar-refractivity contribution is 0.0458. The third-order valence-electron chi connectivity index (χ3n) is 3.73. The Balaban J connectivity index is 2.25. The largest absolute Gasteiger partial charge is 0.0824 e. The van der Waals surface area contributed by atoms with E-state index < -0.39 is 0 Å². The van der Waals surface area contributed by atoms with Crippen molar-refractivity contribution in [1.29, 1.82) is 0 Å². The summed E-state index contributed by atoms with van der Waals surface area (Å²) in [7, 11) is 0. The number of hydrogen-bond acceptors (Lipinski definition) is 0. The Labute approximate surface area is 69.7 Å². The molecule has 3 unspecified atom stereocenters. The standard InChI is InChI=1S/C11H18/c1-8-6-9(2)10-4-5-11(10,3)7-8/h6,8,10H,4-5,7H2,1-3H3. The van der Waals surface area contributed by atoms with Gasteiger partial charge in [-0.05, 0) is 43.4 Å². The Morgan fingerprint density at radius 1 is 1.55 bits per heavy atom. The Morgan fingerprint density at radius 2 is 2.27 bits per heavy atom. The molecule has 0 aromatic carbocycles. The van der Waals surface area contributed by atoms with Gasteiger partial charge in [0.05, 0.1) is 0 Å². The second kappa shape index (κ2) is 2.12. The van der Waals surface area contributed by atoms with Crippen molar-refractivity contribution in [2.45, 2.75) is 40.0 Å². The van der Waals surface area contributed by atoms with Gasteiger partial charge in [0.15, 0.2) is 0 Å². The normalized spacial score (nSPS) is 49.2. The predicted octanol–water partition coefficient (Wildman–Crippen LogP) is 3.39. The fourth-order valence-electron chi connectivity index (χ4n) is 3.16. The highest BCUT2D eigenvalue weighted by Crippen LogP contribution is 2.56. The fourth-order valence-corrected chi connectivity index (χ4v) is 3.16. The van der Waals surface area contributed by atoms with Crippen molar-refractivity contribution in [1.82, 2.24) is 0 Å². The monoisotopic (exact) mass is 150 g/mol. The van der Waals surface area contributed by atoms with E-state index in [-0.39, 0.29) is 0 Å². The minimum Gasteiger partial charge on any atom is -0.0824 e. The van der Waals surface area contributed by atoms with Crippen LogP contribution in [0.2, 0.25) is 0 Å². The van der Waals surface area contributed by atoms with Gasteiger partial charge in [-0.3, -0.25) is 0 Å². The van der Waals surface area contributed by atoms with E-state index in [4.69, 9.17) is 0 Å². The molecule has 0 amide bonds. The highest BCUT2D eigenvalue weighted by molar-refractivity contribution is 5.19. The molecule has 0 radical (unpaired) electrons. The molecular weight excluding hydrogens is 132 g/mol. The smallest absolute Gasteiger partial charge is 0.0151 e. The summed E-state index contributed by atoms with van der Waals surface area (Å²) < 4.78 is 0. The van der Waals surface area contributed by atoms with Crippen LogP contribution in [0.3, 0.4) is 0 Å². The molecule has 0 aliphatic heterocycles. The minimum atomic E-state index is 0.693. The molecule has 62 valence electrons. The Bertz CT molecular complexity index is 202. The molecule has 11 heavy (non-hydrogen) atoms. The molecule has 2 aliphatic rings. The summed E-state index contributed by atoms with van der Waals surface area (Å²) in [5, 5.41) is 0. The van der Waals surface area contributed by atoms with E-state index in [1.165, 1.54) is 19.3 Å². The first-order valence-corrected chi connectivity index (χ1v) is 4.80. The van der Waals surface area contributed by atoms with E-state index in [1.807, 2.05) is 0 Å². The van der Waals surface area contributed by atoms with Gasteiger partial charge in [0.2, 0.25) is 0 Å². The molecule has 0 spiro atoms. The maximum absolute atomic E-state index is 2.48. The molecule has 0 heterocycles.